The van der Waals surface area contributed by atoms with Crippen molar-refractivity contribution in [2.45, 2.75) is 62.2 Å². The molecule has 3 aliphatic rings. The van der Waals surface area contributed by atoms with Gasteiger partial charge in [0, 0.05) is 17.0 Å². The molecule has 1 aromatic heterocycles. The Labute approximate surface area is 205 Å². The average molecular weight is 506 g/mol. The molecule has 2 aromatic carbocycles. The van der Waals surface area contributed by atoms with E-state index in [0.29, 0.717) is 11.8 Å². The fourth-order valence-electron chi connectivity index (χ4n) is 5.76. The van der Waals surface area contributed by atoms with Gasteiger partial charge in [-0.25, -0.2) is 27.2 Å². The van der Waals surface area contributed by atoms with E-state index in [4.69, 9.17) is 4.74 Å². The molecule has 1 heterocycles. The Morgan fingerprint density at radius 3 is 2.25 bits per heavy atom. The molecule has 36 heavy (non-hydrogen) atoms. The summed E-state index contributed by atoms with van der Waals surface area (Å²) in [6.07, 6.45) is 2.62. The molecule has 192 valence electrons. The molecule has 0 amide bonds. The zero-order valence-corrected chi connectivity index (χ0v) is 19.9. The maximum atomic E-state index is 16.2. The van der Waals surface area contributed by atoms with Gasteiger partial charge in [-0.1, -0.05) is 12.1 Å². The molecular weight excluding hydrogens is 478 g/mol. The Balaban J connectivity index is 1.39. The fraction of sp³-hybridized carbons (Fsp3) is 0.462. The lowest BCUT2D eigenvalue weighted by Gasteiger charge is -2.74. The first-order valence-corrected chi connectivity index (χ1v) is 11.6. The van der Waals surface area contributed by atoms with Gasteiger partial charge >= 0.3 is 0 Å². The summed E-state index contributed by atoms with van der Waals surface area (Å²) in [7, 11) is 0. The van der Waals surface area contributed by atoms with E-state index < -0.39 is 51.7 Å². The van der Waals surface area contributed by atoms with Crippen LogP contribution in [0.1, 0.15) is 44.2 Å². The number of aromatic nitrogens is 3. The molecular formula is C26H27F4N3O3. The molecule has 3 aliphatic carbocycles. The number of aliphatic hydroxyl groups is 2. The lowest BCUT2D eigenvalue weighted by molar-refractivity contribution is -0.347. The number of ether oxygens (including phenoxy) is 1. The van der Waals surface area contributed by atoms with E-state index in [1.807, 2.05) is 12.1 Å². The highest BCUT2D eigenvalue weighted by Crippen LogP contribution is 2.80. The first kappa shape index (κ1) is 24.7. The van der Waals surface area contributed by atoms with Crippen LogP contribution in [0.5, 0.6) is 5.75 Å². The molecule has 6 nitrogen and oxygen atoms in total. The van der Waals surface area contributed by atoms with Gasteiger partial charge in [0.1, 0.15) is 36.6 Å². The summed E-state index contributed by atoms with van der Waals surface area (Å²) < 4.78 is 67.3. The van der Waals surface area contributed by atoms with Crippen molar-refractivity contribution in [3.8, 4) is 5.75 Å². The molecule has 0 saturated heterocycles. The topological polar surface area (TPSA) is 80.4 Å². The number of alkyl halides is 2. The second kappa shape index (κ2) is 8.01. The summed E-state index contributed by atoms with van der Waals surface area (Å²) >= 11 is 0. The number of hydrogen-bond donors (Lipinski definition) is 2. The number of nitrogens with zero attached hydrogens (tertiary/aromatic N) is 3. The van der Waals surface area contributed by atoms with Crippen LogP contribution in [0.25, 0.3) is 0 Å². The maximum absolute atomic E-state index is 16.2. The molecule has 3 aromatic rings. The second-order valence-corrected chi connectivity index (χ2v) is 10.9. The smallest absolute Gasteiger partial charge is 0.287 e. The van der Waals surface area contributed by atoms with Gasteiger partial charge in [0.25, 0.3) is 5.92 Å². The first-order valence-electron chi connectivity index (χ1n) is 11.6. The van der Waals surface area contributed by atoms with Gasteiger partial charge in [0.05, 0.1) is 12.1 Å². The zero-order valence-electron chi connectivity index (χ0n) is 19.9. The highest BCUT2D eigenvalue weighted by molar-refractivity contribution is 5.44. The molecule has 2 N–H and O–H groups in total. The predicted octanol–water partition coefficient (Wildman–Crippen LogP) is 4.35. The van der Waals surface area contributed by atoms with Crippen molar-refractivity contribution in [1.29, 1.82) is 0 Å². The highest BCUT2D eigenvalue weighted by Gasteiger charge is 2.82. The van der Waals surface area contributed by atoms with Crippen LogP contribution < -0.4 is 4.74 Å². The lowest BCUT2D eigenvalue weighted by Crippen LogP contribution is -2.76. The third-order valence-electron chi connectivity index (χ3n) is 7.51. The van der Waals surface area contributed by atoms with Crippen molar-refractivity contribution >= 4 is 0 Å². The van der Waals surface area contributed by atoms with Crippen LogP contribution in [0.15, 0.2) is 55.1 Å². The van der Waals surface area contributed by atoms with Crippen molar-refractivity contribution in [2.75, 3.05) is 6.61 Å². The largest absolute Gasteiger partial charge is 0.491 e. The Morgan fingerprint density at radius 2 is 1.69 bits per heavy atom. The van der Waals surface area contributed by atoms with Crippen LogP contribution in [0.4, 0.5) is 17.6 Å². The van der Waals surface area contributed by atoms with E-state index in [2.05, 4.69) is 10.1 Å². The molecule has 0 unspecified atom stereocenters. The third-order valence-corrected chi connectivity index (χ3v) is 7.51. The molecule has 2 bridgehead atoms. The molecule has 10 heteroatoms. The monoisotopic (exact) mass is 505 g/mol. The summed E-state index contributed by atoms with van der Waals surface area (Å²) in [5, 5.41) is 25.1. The van der Waals surface area contributed by atoms with Crippen molar-refractivity contribution in [2.24, 2.45) is 5.41 Å². The minimum Gasteiger partial charge on any atom is -0.491 e. The predicted molar refractivity (Wildman–Crippen MR) is 121 cm³/mol. The number of rotatable bonds is 9. The zero-order chi connectivity index (χ0) is 26.0. The van der Waals surface area contributed by atoms with Gasteiger partial charge in [-0.2, -0.15) is 5.10 Å². The van der Waals surface area contributed by atoms with Crippen LogP contribution in [-0.2, 0) is 17.6 Å². The molecule has 0 aliphatic heterocycles. The Bertz CT molecular complexity index is 1240. The Kier molecular flexibility index (Phi) is 5.50. The molecule has 3 fully saturated rings. The summed E-state index contributed by atoms with van der Waals surface area (Å²) in [5.41, 5.74) is -5.77. The van der Waals surface area contributed by atoms with Gasteiger partial charge in [-0.3, -0.25) is 0 Å². The van der Waals surface area contributed by atoms with E-state index in [0.717, 1.165) is 35.0 Å². The number of benzene rings is 2. The SMILES string of the molecule is CC(C)(O)COc1ccc(C23CC(C(F)(F)[C@](O)(Cn4cncn4)c4ccc(F)cc4F)(C2)C3)cc1. The van der Waals surface area contributed by atoms with Gasteiger partial charge in [0.15, 0.2) is 5.60 Å². The average Bonchev–Trinajstić information content (AvgIpc) is 3.23. The molecule has 3 saturated carbocycles. The molecule has 6 rings (SSSR count). The molecule has 0 radical (unpaired) electrons. The van der Waals surface area contributed by atoms with Crippen LogP contribution in [-0.4, -0.2) is 43.1 Å². The summed E-state index contributed by atoms with van der Waals surface area (Å²) in [6, 6.07) is 9.32. The van der Waals surface area contributed by atoms with Crippen molar-refractivity contribution in [3.05, 3.63) is 77.9 Å². The van der Waals surface area contributed by atoms with E-state index >= 15 is 8.78 Å². The molecule has 0 spiro atoms. The summed E-state index contributed by atoms with van der Waals surface area (Å²) in [5.74, 6) is -5.37. The maximum Gasteiger partial charge on any atom is 0.287 e. The Hall–Kier alpha value is -2.98. The normalized spacial score (nSPS) is 25.0. The van der Waals surface area contributed by atoms with Crippen molar-refractivity contribution in [1.82, 2.24) is 14.8 Å². The van der Waals surface area contributed by atoms with E-state index in [1.165, 1.54) is 0 Å². The Morgan fingerprint density at radius 1 is 1.03 bits per heavy atom. The van der Waals surface area contributed by atoms with Gasteiger partial charge in [-0.05, 0) is 68.4 Å². The summed E-state index contributed by atoms with van der Waals surface area (Å²) in [4.78, 5) is 3.73. The van der Waals surface area contributed by atoms with E-state index in [-0.39, 0.29) is 25.9 Å². The fourth-order valence-corrected chi connectivity index (χ4v) is 5.76. The second-order valence-electron chi connectivity index (χ2n) is 10.9. The van der Waals surface area contributed by atoms with E-state index in [9.17, 15) is 19.0 Å². The number of hydrogen-bond acceptors (Lipinski definition) is 5. The quantitative estimate of drug-likeness (QED) is 0.423. The van der Waals surface area contributed by atoms with Crippen LogP contribution in [0.2, 0.25) is 0 Å². The molecule has 1 atom stereocenters. The highest BCUT2D eigenvalue weighted by atomic mass is 19.3. The summed E-state index contributed by atoms with van der Waals surface area (Å²) in [6.45, 7) is 2.62. The lowest BCUT2D eigenvalue weighted by atomic mass is 9.30. The van der Waals surface area contributed by atoms with Crippen molar-refractivity contribution in [3.63, 3.8) is 0 Å². The van der Waals surface area contributed by atoms with Crippen LogP contribution in [0.3, 0.4) is 0 Å². The standard InChI is InChI=1S/C26H27F4N3O3/c1-22(2,34)14-36-19-6-3-17(4-7-19)23-10-24(11-23,12-23)26(29,30)25(35,13-33-16-31-15-32-33)20-8-5-18(27)9-21(20)28/h3-9,15-16,34-35H,10-14H2,1-2H3/t23?,24?,25-/m0/s1. The third kappa shape index (κ3) is 3.78. The van der Waals surface area contributed by atoms with E-state index in [1.54, 1.807) is 26.0 Å². The minimum atomic E-state index is -3.75. The van der Waals surface area contributed by atoms with Gasteiger partial charge in [-0.15, -0.1) is 0 Å². The van der Waals surface area contributed by atoms with Crippen LogP contribution in [0, 0.1) is 17.0 Å². The van der Waals surface area contributed by atoms with Gasteiger partial charge in [0.2, 0.25) is 0 Å². The first-order chi connectivity index (χ1) is 16.8. The minimum absolute atomic E-state index is 0.108. The van der Waals surface area contributed by atoms with Crippen LogP contribution >= 0.6 is 0 Å². The van der Waals surface area contributed by atoms with Crippen molar-refractivity contribution < 1.29 is 32.5 Å². The van der Waals surface area contributed by atoms with Gasteiger partial charge < -0.3 is 14.9 Å². The number of halogens is 4.